The van der Waals surface area contributed by atoms with Gasteiger partial charge in [0.25, 0.3) is 0 Å². The summed E-state index contributed by atoms with van der Waals surface area (Å²) in [6.45, 7) is 4.84. The predicted molar refractivity (Wildman–Crippen MR) is 104 cm³/mol. The maximum atomic E-state index is 5.05. The molecule has 1 aromatic carbocycles. The third-order valence-electron chi connectivity index (χ3n) is 3.12. The van der Waals surface area contributed by atoms with Crippen LogP contribution in [0.2, 0.25) is 0 Å². The van der Waals surface area contributed by atoms with E-state index in [-0.39, 0.29) is 24.0 Å². The summed E-state index contributed by atoms with van der Waals surface area (Å²) in [5.41, 5.74) is 2.24. The SMILES string of the molecule is CCNC(=NCc1ccccc1-n1ccnc1)NCCOC.I. The second kappa shape index (κ2) is 11.0. The third kappa shape index (κ3) is 6.19. The summed E-state index contributed by atoms with van der Waals surface area (Å²) in [5.74, 6) is 0.792. The summed E-state index contributed by atoms with van der Waals surface area (Å²) in [4.78, 5) is 8.73. The van der Waals surface area contributed by atoms with E-state index in [0.717, 1.165) is 30.3 Å². The molecule has 1 aromatic heterocycles. The average molecular weight is 429 g/mol. The highest BCUT2D eigenvalue weighted by Gasteiger charge is 2.04. The number of nitrogens with one attached hydrogen (secondary N) is 2. The number of para-hydroxylation sites is 1. The lowest BCUT2D eigenvalue weighted by Gasteiger charge is -2.12. The molecule has 2 N–H and O–H groups in total. The molecule has 23 heavy (non-hydrogen) atoms. The first-order valence-electron chi connectivity index (χ1n) is 7.42. The van der Waals surface area contributed by atoms with Crippen LogP contribution in [0.1, 0.15) is 12.5 Å². The maximum absolute atomic E-state index is 5.05. The highest BCUT2D eigenvalue weighted by Crippen LogP contribution is 2.14. The number of benzene rings is 1. The molecule has 0 fully saturated rings. The minimum Gasteiger partial charge on any atom is -0.383 e. The summed E-state index contributed by atoms with van der Waals surface area (Å²) in [6, 6.07) is 8.19. The second-order valence-corrected chi connectivity index (χ2v) is 4.71. The Morgan fingerprint density at radius 1 is 1.30 bits per heavy atom. The van der Waals surface area contributed by atoms with Gasteiger partial charge in [-0.3, -0.25) is 0 Å². The molecule has 1 heterocycles. The number of aliphatic imine (C=N–C) groups is 1. The van der Waals surface area contributed by atoms with E-state index in [2.05, 4.69) is 32.7 Å². The Labute approximate surface area is 154 Å². The normalized spacial score (nSPS) is 11.0. The van der Waals surface area contributed by atoms with Crippen LogP contribution in [0.25, 0.3) is 5.69 Å². The van der Waals surface area contributed by atoms with Crippen LogP contribution in [0, 0.1) is 0 Å². The highest BCUT2D eigenvalue weighted by molar-refractivity contribution is 14.0. The fraction of sp³-hybridized carbons (Fsp3) is 0.375. The van der Waals surface area contributed by atoms with Crippen molar-refractivity contribution in [3.63, 3.8) is 0 Å². The number of methoxy groups -OCH3 is 1. The lowest BCUT2D eigenvalue weighted by Crippen LogP contribution is -2.38. The van der Waals surface area contributed by atoms with E-state index in [9.17, 15) is 0 Å². The Hall–Kier alpha value is -1.61. The van der Waals surface area contributed by atoms with Crippen LogP contribution in [0.5, 0.6) is 0 Å². The molecule has 0 aliphatic carbocycles. The first kappa shape index (κ1) is 19.4. The van der Waals surface area contributed by atoms with Crippen LogP contribution < -0.4 is 10.6 Å². The molecule has 2 aromatic rings. The van der Waals surface area contributed by atoms with E-state index in [1.807, 2.05) is 29.8 Å². The Bertz CT molecular complexity index is 586. The maximum Gasteiger partial charge on any atom is 0.191 e. The van der Waals surface area contributed by atoms with E-state index in [1.165, 1.54) is 0 Å². The molecule has 0 aliphatic heterocycles. The topological polar surface area (TPSA) is 63.5 Å². The van der Waals surface area contributed by atoms with Gasteiger partial charge in [-0.15, -0.1) is 24.0 Å². The fourth-order valence-corrected chi connectivity index (χ4v) is 2.08. The molecular weight excluding hydrogens is 405 g/mol. The van der Waals surface area contributed by atoms with Gasteiger partial charge in [-0.2, -0.15) is 0 Å². The van der Waals surface area contributed by atoms with E-state index < -0.39 is 0 Å². The molecule has 0 saturated carbocycles. The molecule has 0 unspecified atom stereocenters. The molecule has 0 saturated heterocycles. The second-order valence-electron chi connectivity index (χ2n) is 4.71. The van der Waals surface area contributed by atoms with Crippen LogP contribution in [0.3, 0.4) is 0 Å². The van der Waals surface area contributed by atoms with Gasteiger partial charge in [-0.1, -0.05) is 18.2 Å². The molecule has 7 heteroatoms. The molecule has 0 aliphatic rings. The van der Waals surface area contributed by atoms with Gasteiger partial charge in [-0.05, 0) is 18.6 Å². The van der Waals surface area contributed by atoms with Crippen molar-refractivity contribution in [2.24, 2.45) is 4.99 Å². The van der Waals surface area contributed by atoms with Crippen molar-refractivity contribution in [3.8, 4) is 5.69 Å². The number of ether oxygens (including phenoxy) is 1. The zero-order valence-corrected chi connectivity index (χ0v) is 15.9. The minimum atomic E-state index is 0. The quantitative estimate of drug-likeness (QED) is 0.307. The Morgan fingerprint density at radius 2 is 2.13 bits per heavy atom. The summed E-state index contributed by atoms with van der Waals surface area (Å²) in [6.07, 6.45) is 5.51. The number of rotatable bonds is 7. The van der Waals surface area contributed by atoms with Gasteiger partial charge < -0.3 is 19.9 Å². The summed E-state index contributed by atoms with van der Waals surface area (Å²) in [7, 11) is 1.69. The van der Waals surface area contributed by atoms with E-state index in [4.69, 9.17) is 4.74 Å². The number of nitrogens with zero attached hydrogens (tertiary/aromatic N) is 3. The van der Waals surface area contributed by atoms with Gasteiger partial charge in [-0.25, -0.2) is 9.98 Å². The van der Waals surface area contributed by atoms with Crippen LogP contribution >= 0.6 is 24.0 Å². The standard InChI is InChI=1S/C16H23N5O.HI/c1-3-18-16(19-9-11-22-2)20-12-14-6-4-5-7-15(14)21-10-8-17-13-21;/h4-8,10,13H,3,9,11-12H2,1-2H3,(H2,18,19,20);1H. The van der Waals surface area contributed by atoms with Crippen molar-refractivity contribution in [1.29, 1.82) is 0 Å². The average Bonchev–Trinajstić information content (AvgIpc) is 3.07. The van der Waals surface area contributed by atoms with E-state index >= 15 is 0 Å². The monoisotopic (exact) mass is 429 g/mol. The fourth-order valence-electron chi connectivity index (χ4n) is 2.08. The predicted octanol–water partition coefficient (Wildman–Crippen LogP) is 2.19. The minimum absolute atomic E-state index is 0. The number of guanidine groups is 1. The number of halogens is 1. The zero-order valence-electron chi connectivity index (χ0n) is 13.5. The number of imidazole rings is 1. The lowest BCUT2D eigenvalue weighted by molar-refractivity contribution is 0.203. The number of hydrogen-bond donors (Lipinski definition) is 2. The van der Waals surface area contributed by atoms with E-state index in [0.29, 0.717) is 13.2 Å². The molecule has 0 bridgehead atoms. The van der Waals surface area contributed by atoms with Crippen LogP contribution in [-0.2, 0) is 11.3 Å². The van der Waals surface area contributed by atoms with Crippen LogP contribution in [0.4, 0.5) is 0 Å². The third-order valence-corrected chi connectivity index (χ3v) is 3.12. The number of hydrogen-bond acceptors (Lipinski definition) is 3. The summed E-state index contributed by atoms with van der Waals surface area (Å²) >= 11 is 0. The molecule has 2 rings (SSSR count). The summed E-state index contributed by atoms with van der Waals surface area (Å²) in [5, 5.41) is 6.47. The van der Waals surface area contributed by atoms with Gasteiger partial charge in [0.1, 0.15) is 0 Å². The lowest BCUT2D eigenvalue weighted by atomic mass is 10.2. The van der Waals surface area contributed by atoms with Gasteiger partial charge in [0, 0.05) is 32.6 Å². The van der Waals surface area contributed by atoms with Crippen LogP contribution in [0.15, 0.2) is 48.0 Å². The molecular formula is C16H24IN5O. The first-order chi connectivity index (χ1) is 10.8. The van der Waals surface area contributed by atoms with Crippen molar-refractivity contribution >= 4 is 29.9 Å². The van der Waals surface area contributed by atoms with E-state index in [1.54, 1.807) is 19.6 Å². The Balaban J connectivity index is 0.00000264. The molecule has 6 nitrogen and oxygen atoms in total. The first-order valence-corrected chi connectivity index (χ1v) is 7.42. The summed E-state index contributed by atoms with van der Waals surface area (Å²) < 4.78 is 7.04. The smallest absolute Gasteiger partial charge is 0.191 e. The Morgan fingerprint density at radius 3 is 2.83 bits per heavy atom. The van der Waals surface area contributed by atoms with Gasteiger partial charge >= 0.3 is 0 Å². The van der Waals surface area contributed by atoms with Crippen LogP contribution in [-0.4, -0.2) is 42.3 Å². The van der Waals surface area contributed by atoms with Crippen molar-refractivity contribution < 1.29 is 4.74 Å². The van der Waals surface area contributed by atoms with Gasteiger partial charge in [0.15, 0.2) is 5.96 Å². The molecule has 0 spiro atoms. The van der Waals surface area contributed by atoms with Gasteiger partial charge in [0.05, 0.1) is 25.2 Å². The van der Waals surface area contributed by atoms with Gasteiger partial charge in [0.2, 0.25) is 0 Å². The Kier molecular flexibility index (Phi) is 9.30. The zero-order chi connectivity index (χ0) is 15.6. The molecule has 0 radical (unpaired) electrons. The molecule has 0 amide bonds. The molecule has 126 valence electrons. The largest absolute Gasteiger partial charge is 0.383 e. The van der Waals surface area contributed by atoms with Crippen molar-refractivity contribution in [2.45, 2.75) is 13.5 Å². The van der Waals surface area contributed by atoms with Crippen molar-refractivity contribution in [2.75, 3.05) is 26.8 Å². The molecule has 0 atom stereocenters. The highest BCUT2D eigenvalue weighted by atomic mass is 127. The van der Waals surface area contributed by atoms with Crippen molar-refractivity contribution in [3.05, 3.63) is 48.5 Å². The van der Waals surface area contributed by atoms with Crippen molar-refractivity contribution in [1.82, 2.24) is 20.2 Å². The number of aromatic nitrogens is 2.